The van der Waals surface area contributed by atoms with Gasteiger partial charge >= 0.3 is 0 Å². The van der Waals surface area contributed by atoms with E-state index in [1.165, 1.54) is 0 Å². The summed E-state index contributed by atoms with van der Waals surface area (Å²) in [5, 5.41) is 0. The molecule has 0 spiro atoms. The molecule has 0 atom stereocenters. The quantitative estimate of drug-likeness (QED) is 0.712. The first kappa shape index (κ1) is 9.87. The summed E-state index contributed by atoms with van der Waals surface area (Å²) in [5.74, 6) is 0.0561. The maximum absolute atomic E-state index is 11.6. The number of hydrogen-bond donors (Lipinski definition) is 0. The van der Waals surface area contributed by atoms with E-state index in [0.717, 1.165) is 15.6 Å². The van der Waals surface area contributed by atoms with E-state index >= 15 is 0 Å². The predicted molar refractivity (Wildman–Crippen MR) is 57.5 cm³/mol. The topological polar surface area (TPSA) is 26.3 Å². The number of ether oxygens (including phenoxy) is 1. The fourth-order valence-electron chi connectivity index (χ4n) is 1.67. The summed E-state index contributed by atoms with van der Waals surface area (Å²) in [7, 11) is 0. The molecule has 14 heavy (non-hydrogen) atoms. The number of Topliss-reactive ketones (excluding diaryl/α,β-unsaturated/α-hetero) is 1. The van der Waals surface area contributed by atoms with E-state index in [1.807, 2.05) is 32.0 Å². The highest BCUT2D eigenvalue weighted by Gasteiger charge is 2.32. The number of carbonyl (C=O) groups is 1. The van der Waals surface area contributed by atoms with Gasteiger partial charge in [-0.05, 0) is 31.5 Å². The maximum atomic E-state index is 11.6. The molecule has 0 aromatic heterocycles. The van der Waals surface area contributed by atoms with Crippen LogP contribution < -0.4 is 0 Å². The van der Waals surface area contributed by atoms with Crippen molar-refractivity contribution in [1.82, 2.24) is 0 Å². The van der Waals surface area contributed by atoms with Gasteiger partial charge in [-0.1, -0.05) is 22.0 Å². The fraction of sp³-hybridized carbons (Fsp3) is 0.364. The third-order valence-electron chi connectivity index (χ3n) is 2.49. The van der Waals surface area contributed by atoms with Crippen LogP contribution in [0.2, 0.25) is 0 Å². The maximum Gasteiger partial charge on any atom is 0.188 e. The van der Waals surface area contributed by atoms with E-state index in [2.05, 4.69) is 15.9 Å². The number of fused-ring (bicyclic) bond motifs is 1. The van der Waals surface area contributed by atoms with Gasteiger partial charge in [0.2, 0.25) is 0 Å². The molecule has 0 aliphatic carbocycles. The molecule has 1 heterocycles. The molecule has 1 aromatic carbocycles. The molecule has 2 nitrogen and oxygen atoms in total. The van der Waals surface area contributed by atoms with E-state index < -0.39 is 0 Å². The summed E-state index contributed by atoms with van der Waals surface area (Å²) in [5.41, 5.74) is 1.39. The molecule has 0 unspecified atom stereocenters. The molecule has 74 valence electrons. The Hall–Kier alpha value is -0.670. The first-order valence-electron chi connectivity index (χ1n) is 4.48. The Morgan fingerprint density at radius 3 is 2.86 bits per heavy atom. The van der Waals surface area contributed by atoms with Crippen LogP contribution in [0.5, 0.6) is 0 Å². The molecule has 0 fully saturated rings. The molecule has 0 N–H and O–H groups in total. The van der Waals surface area contributed by atoms with Gasteiger partial charge in [0, 0.05) is 10.0 Å². The zero-order valence-corrected chi connectivity index (χ0v) is 9.72. The SMILES string of the molecule is CC1(C)OCC(=O)c2cc(Br)ccc21. The van der Waals surface area contributed by atoms with Crippen LogP contribution in [-0.4, -0.2) is 12.4 Å². The summed E-state index contributed by atoms with van der Waals surface area (Å²) < 4.78 is 6.41. The summed E-state index contributed by atoms with van der Waals surface area (Å²) in [4.78, 5) is 11.6. The van der Waals surface area contributed by atoms with Crippen molar-refractivity contribution >= 4 is 21.7 Å². The predicted octanol–water partition coefficient (Wildman–Crippen LogP) is 2.90. The second kappa shape index (κ2) is 3.17. The van der Waals surface area contributed by atoms with Crippen LogP contribution in [-0.2, 0) is 10.3 Å². The molecule has 1 aromatic rings. The Labute approximate surface area is 91.4 Å². The van der Waals surface area contributed by atoms with Gasteiger partial charge in [-0.2, -0.15) is 0 Å². The first-order chi connectivity index (χ1) is 6.50. The Morgan fingerprint density at radius 1 is 1.43 bits per heavy atom. The lowest BCUT2D eigenvalue weighted by Gasteiger charge is -2.31. The lowest BCUT2D eigenvalue weighted by Crippen LogP contribution is -2.33. The van der Waals surface area contributed by atoms with Crippen LogP contribution in [0.4, 0.5) is 0 Å². The summed E-state index contributed by atoms with van der Waals surface area (Å²) in [6, 6.07) is 5.74. The van der Waals surface area contributed by atoms with Crippen LogP contribution in [0, 0.1) is 0 Å². The second-order valence-electron chi connectivity index (χ2n) is 3.91. The first-order valence-corrected chi connectivity index (χ1v) is 5.27. The van der Waals surface area contributed by atoms with Crippen molar-refractivity contribution in [2.45, 2.75) is 19.4 Å². The van der Waals surface area contributed by atoms with Gasteiger partial charge in [-0.25, -0.2) is 0 Å². The Balaban J connectivity index is 2.63. The molecular weight excluding hydrogens is 244 g/mol. The second-order valence-corrected chi connectivity index (χ2v) is 4.83. The van der Waals surface area contributed by atoms with Crippen LogP contribution in [0.15, 0.2) is 22.7 Å². The third-order valence-corrected chi connectivity index (χ3v) is 2.99. The van der Waals surface area contributed by atoms with Crippen molar-refractivity contribution in [2.24, 2.45) is 0 Å². The minimum Gasteiger partial charge on any atom is -0.363 e. The number of rotatable bonds is 0. The van der Waals surface area contributed by atoms with Gasteiger partial charge in [0.05, 0.1) is 5.60 Å². The molecule has 3 heteroatoms. The van der Waals surface area contributed by atoms with Crippen LogP contribution in [0.1, 0.15) is 29.8 Å². The highest BCUT2D eigenvalue weighted by atomic mass is 79.9. The molecule has 0 bridgehead atoms. The number of hydrogen-bond acceptors (Lipinski definition) is 2. The van der Waals surface area contributed by atoms with E-state index in [-0.39, 0.29) is 18.0 Å². The van der Waals surface area contributed by atoms with Gasteiger partial charge in [0.15, 0.2) is 5.78 Å². The van der Waals surface area contributed by atoms with E-state index in [1.54, 1.807) is 0 Å². The molecule has 0 saturated carbocycles. The summed E-state index contributed by atoms with van der Waals surface area (Å²) >= 11 is 3.36. The Kier molecular flexibility index (Phi) is 2.24. The van der Waals surface area contributed by atoms with Gasteiger partial charge in [0.25, 0.3) is 0 Å². The van der Waals surface area contributed by atoms with Gasteiger partial charge < -0.3 is 4.74 Å². The van der Waals surface area contributed by atoms with Crippen LogP contribution in [0.3, 0.4) is 0 Å². The highest BCUT2D eigenvalue weighted by molar-refractivity contribution is 9.10. The van der Waals surface area contributed by atoms with Crippen molar-refractivity contribution in [1.29, 1.82) is 0 Å². The normalized spacial score (nSPS) is 19.2. The van der Waals surface area contributed by atoms with Crippen molar-refractivity contribution in [3.8, 4) is 0 Å². The standard InChI is InChI=1S/C11H11BrO2/c1-11(2)9-4-3-7(12)5-8(9)10(13)6-14-11/h3-5H,6H2,1-2H3. The highest BCUT2D eigenvalue weighted by Crippen LogP contribution is 2.33. The molecule has 2 rings (SSSR count). The van der Waals surface area contributed by atoms with E-state index in [9.17, 15) is 4.79 Å². The molecule has 0 saturated heterocycles. The smallest absolute Gasteiger partial charge is 0.188 e. The van der Waals surface area contributed by atoms with Crippen molar-refractivity contribution in [3.63, 3.8) is 0 Å². The molecule has 1 aliphatic heterocycles. The van der Waals surface area contributed by atoms with Crippen molar-refractivity contribution in [2.75, 3.05) is 6.61 Å². The minimum atomic E-state index is -0.357. The average molecular weight is 255 g/mol. The average Bonchev–Trinajstić information content (AvgIpc) is 2.12. The van der Waals surface area contributed by atoms with Gasteiger partial charge in [0.1, 0.15) is 6.61 Å². The minimum absolute atomic E-state index is 0.0561. The monoisotopic (exact) mass is 254 g/mol. The number of carbonyl (C=O) groups excluding carboxylic acids is 1. The van der Waals surface area contributed by atoms with Crippen molar-refractivity contribution in [3.05, 3.63) is 33.8 Å². The fourth-order valence-corrected chi connectivity index (χ4v) is 2.03. The molecule has 1 aliphatic rings. The van der Waals surface area contributed by atoms with Crippen LogP contribution >= 0.6 is 15.9 Å². The lowest BCUT2D eigenvalue weighted by molar-refractivity contribution is -0.0219. The van der Waals surface area contributed by atoms with Crippen molar-refractivity contribution < 1.29 is 9.53 Å². The number of benzene rings is 1. The number of ketones is 1. The largest absolute Gasteiger partial charge is 0.363 e. The third kappa shape index (κ3) is 1.51. The lowest BCUT2D eigenvalue weighted by atomic mass is 9.89. The zero-order valence-electron chi connectivity index (χ0n) is 8.13. The van der Waals surface area contributed by atoms with Crippen LogP contribution in [0.25, 0.3) is 0 Å². The summed E-state index contributed by atoms with van der Waals surface area (Å²) in [6.07, 6.45) is 0. The zero-order chi connectivity index (χ0) is 10.3. The van der Waals surface area contributed by atoms with Gasteiger partial charge in [-0.3, -0.25) is 4.79 Å². The van der Waals surface area contributed by atoms with E-state index in [0.29, 0.717) is 0 Å². The van der Waals surface area contributed by atoms with E-state index in [4.69, 9.17) is 4.74 Å². The number of halogens is 1. The Bertz CT molecular complexity index is 396. The molecular formula is C11H11BrO2. The molecule has 0 amide bonds. The van der Waals surface area contributed by atoms with Gasteiger partial charge in [-0.15, -0.1) is 0 Å². The Morgan fingerprint density at radius 2 is 2.14 bits per heavy atom. The molecule has 0 radical (unpaired) electrons. The summed E-state index contributed by atoms with van der Waals surface area (Å²) in [6.45, 7) is 4.13.